The summed E-state index contributed by atoms with van der Waals surface area (Å²) >= 11 is 0. The van der Waals surface area contributed by atoms with Crippen LogP contribution in [0.1, 0.15) is 35.2 Å². The van der Waals surface area contributed by atoms with Gasteiger partial charge in [-0.2, -0.15) is 13.2 Å². The minimum atomic E-state index is -4.55. The zero-order valence-electron chi connectivity index (χ0n) is 20.0. The molecule has 2 aromatic carbocycles. The van der Waals surface area contributed by atoms with Gasteiger partial charge in [0.15, 0.2) is 0 Å². The number of anilines is 1. The van der Waals surface area contributed by atoms with Gasteiger partial charge in [-0.05, 0) is 60.7 Å². The van der Waals surface area contributed by atoms with Crippen LogP contribution in [-0.4, -0.2) is 41.5 Å². The lowest BCUT2D eigenvalue weighted by molar-refractivity contribution is -0.138. The second-order valence-electron chi connectivity index (χ2n) is 8.53. The third kappa shape index (κ3) is 7.29. The molecule has 3 N–H and O–H groups in total. The molecule has 0 atom stereocenters. The van der Waals surface area contributed by atoms with Gasteiger partial charge in [0.1, 0.15) is 23.0 Å². The van der Waals surface area contributed by atoms with Gasteiger partial charge in [0, 0.05) is 37.5 Å². The van der Waals surface area contributed by atoms with E-state index in [2.05, 4.69) is 20.6 Å². The Morgan fingerprint density at radius 3 is 2.68 bits per heavy atom. The number of amides is 1. The summed E-state index contributed by atoms with van der Waals surface area (Å²) in [5.41, 5.74) is 0.901. The predicted molar refractivity (Wildman–Crippen MR) is 134 cm³/mol. The van der Waals surface area contributed by atoms with Gasteiger partial charge in [0.2, 0.25) is 5.91 Å². The molecule has 0 saturated carbocycles. The standard InChI is InChI=1S/C27H27F3N4O3/c28-27(29,30)23-16-20(8-7-19(23)4-2-14-35)34-25(36)9-6-18-3-1-5-21(15-18)37-22-10-11-31-24(17-22)26-32-12-13-33-26/h1,3,5,7-8,10-11,15-17,35H,2,4,6,9,12-14H2,(H,32,33)(H,34,36). The second kappa shape index (κ2) is 11.9. The molecule has 1 amide bonds. The highest BCUT2D eigenvalue weighted by molar-refractivity contribution is 5.98. The average molecular weight is 513 g/mol. The Morgan fingerprint density at radius 2 is 1.92 bits per heavy atom. The lowest BCUT2D eigenvalue weighted by Gasteiger charge is -2.15. The van der Waals surface area contributed by atoms with E-state index in [1.807, 2.05) is 18.2 Å². The van der Waals surface area contributed by atoms with Crippen molar-refractivity contribution in [2.24, 2.45) is 4.99 Å². The molecule has 0 spiro atoms. The largest absolute Gasteiger partial charge is 0.457 e. The lowest BCUT2D eigenvalue weighted by Crippen LogP contribution is -2.20. The quantitative estimate of drug-likeness (QED) is 0.365. The number of nitrogens with zero attached hydrogens (tertiary/aromatic N) is 2. The Morgan fingerprint density at radius 1 is 1.08 bits per heavy atom. The van der Waals surface area contributed by atoms with E-state index in [1.54, 1.807) is 24.4 Å². The van der Waals surface area contributed by atoms with Crippen molar-refractivity contribution < 1.29 is 27.8 Å². The van der Waals surface area contributed by atoms with Crippen molar-refractivity contribution in [2.75, 3.05) is 25.0 Å². The Hall–Kier alpha value is -3.92. The zero-order valence-corrected chi connectivity index (χ0v) is 20.0. The molecule has 0 saturated heterocycles. The molecule has 1 aliphatic rings. The first-order valence-electron chi connectivity index (χ1n) is 11.9. The number of alkyl halides is 3. The highest BCUT2D eigenvalue weighted by Crippen LogP contribution is 2.34. The van der Waals surface area contributed by atoms with E-state index in [-0.39, 0.29) is 37.1 Å². The number of carbonyl (C=O) groups excluding carboxylic acids is 1. The minimum absolute atomic E-state index is 0.0806. The van der Waals surface area contributed by atoms with Crippen LogP contribution in [0, 0.1) is 0 Å². The monoisotopic (exact) mass is 512 g/mol. The number of aliphatic hydroxyl groups is 1. The van der Waals surface area contributed by atoms with Crippen LogP contribution in [0.25, 0.3) is 0 Å². The van der Waals surface area contributed by atoms with Gasteiger partial charge in [-0.25, -0.2) is 0 Å². The van der Waals surface area contributed by atoms with E-state index in [0.29, 0.717) is 30.2 Å². The molecule has 1 aliphatic heterocycles. The minimum Gasteiger partial charge on any atom is -0.457 e. The Bertz CT molecular complexity index is 1280. The average Bonchev–Trinajstić information content (AvgIpc) is 3.42. The summed E-state index contributed by atoms with van der Waals surface area (Å²) in [6, 6.07) is 14.5. The first kappa shape index (κ1) is 26.2. The lowest BCUT2D eigenvalue weighted by atomic mass is 10.0. The number of halogens is 3. The number of benzene rings is 2. The van der Waals surface area contributed by atoms with E-state index >= 15 is 0 Å². The molecule has 1 aromatic heterocycles. The van der Waals surface area contributed by atoms with Crippen molar-refractivity contribution in [3.8, 4) is 11.5 Å². The molecule has 194 valence electrons. The molecule has 10 heteroatoms. The number of aliphatic imine (C=N–C) groups is 1. The molecular weight excluding hydrogens is 485 g/mol. The van der Waals surface area contributed by atoms with Crippen LogP contribution in [0.4, 0.5) is 18.9 Å². The number of aryl methyl sites for hydroxylation is 2. The molecule has 0 aliphatic carbocycles. The van der Waals surface area contributed by atoms with Crippen LogP contribution in [-0.2, 0) is 23.8 Å². The number of ether oxygens (including phenoxy) is 1. The maximum Gasteiger partial charge on any atom is 0.416 e. The Kier molecular flexibility index (Phi) is 8.39. The van der Waals surface area contributed by atoms with Gasteiger partial charge in [-0.3, -0.25) is 14.8 Å². The topological polar surface area (TPSA) is 95.8 Å². The first-order chi connectivity index (χ1) is 17.8. The third-order valence-electron chi connectivity index (χ3n) is 5.73. The van der Waals surface area contributed by atoms with E-state index in [0.717, 1.165) is 24.0 Å². The highest BCUT2D eigenvalue weighted by Gasteiger charge is 2.33. The summed E-state index contributed by atoms with van der Waals surface area (Å²) in [7, 11) is 0. The summed E-state index contributed by atoms with van der Waals surface area (Å²) in [5.74, 6) is 1.52. The highest BCUT2D eigenvalue weighted by atomic mass is 19.4. The molecular formula is C27H27F3N4O3. The van der Waals surface area contributed by atoms with Crippen LogP contribution in [0.2, 0.25) is 0 Å². The van der Waals surface area contributed by atoms with Gasteiger partial charge < -0.3 is 20.5 Å². The van der Waals surface area contributed by atoms with Crippen LogP contribution < -0.4 is 15.4 Å². The van der Waals surface area contributed by atoms with E-state index in [9.17, 15) is 18.0 Å². The van der Waals surface area contributed by atoms with Gasteiger partial charge in [0.05, 0.1) is 12.1 Å². The number of amidine groups is 1. The molecule has 3 aromatic rings. The number of carbonyl (C=O) groups is 1. The molecule has 0 bridgehead atoms. The van der Waals surface area contributed by atoms with Crippen LogP contribution in [0.15, 0.2) is 65.8 Å². The number of hydrogen-bond acceptors (Lipinski definition) is 6. The van der Waals surface area contributed by atoms with E-state index in [1.165, 1.54) is 12.1 Å². The summed E-state index contributed by atoms with van der Waals surface area (Å²) in [5, 5.41) is 14.7. The number of hydrogen-bond donors (Lipinski definition) is 3. The maximum absolute atomic E-state index is 13.5. The summed E-state index contributed by atoms with van der Waals surface area (Å²) < 4.78 is 46.3. The number of pyridine rings is 1. The van der Waals surface area contributed by atoms with E-state index < -0.39 is 17.6 Å². The third-order valence-corrected chi connectivity index (χ3v) is 5.73. The Labute approximate surface area is 212 Å². The molecule has 0 fully saturated rings. The zero-order chi connectivity index (χ0) is 26.3. The van der Waals surface area contributed by atoms with Crippen molar-refractivity contribution in [3.05, 3.63) is 83.2 Å². The maximum atomic E-state index is 13.5. The number of nitrogens with one attached hydrogen (secondary N) is 2. The van der Waals surface area contributed by atoms with Crippen molar-refractivity contribution in [2.45, 2.75) is 31.9 Å². The summed E-state index contributed by atoms with van der Waals surface area (Å²) in [4.78, 5) is 21.1. The fourth-order valence-electron chi connectivity index (χ4n) is 3.96. The first-order valence-corrected chi connectivity index (χ1v) is 11.9. The SMILES string of the molecule is O=C(CCc1cccc(Oc2ccnc(C3=NCCN3)c2)c1)Nc1ccc(CCCO)c(C(F)(F)F)c1. The molecule has 37 heavy (non-hydrogen) atoms. The molecule has 4 rings (SSSR count). The van der Waals surface area contributed by atoms with Crippen molar-refractivity contribution >= 4 is 17.4 Å². The van der Waals surface area contributed by atoms with Crippen LogP contribution in [0.5, 0.6) is 11.5 Å². The number of aromatic nitrogens is 1. The molecule has 0 unspecified atom stereocenters. The summed E-state index contributed by atoms with van der Waals surface area (Å²) in [6.07, 6.45) is -2.11. The van der Waals surface area contributed by atoms with Crippen molar-refractivity contribution in [1.82, 2.24) is 10.3 Å². The van der Waals surface area contributed by atoms with E-state index in [4.69, 9.17) is 9.84 Å². The normalized spacial score (nSPS) is 13.1. The predicted octanol–water partition coefficient (Wildman–Crippen LogP) is 4.74. The fraction of sp³-hybridized carbons (Fsp3) is 0.296. The van der Waals surface area contributed by atoms with Gasteiger partial charge in [-0.1, -0.05) is 18.2 Å². The molecule has 2 heterocycles. The molecule has 7 nitrogen and oxygen atoms in total. The molecule has 0 radical (unpaired) electrons. The van der Waals surface area contributed by atoms with Crippen LogP contribution in [0.3, 0.4) is 0 Å². The van der Waals surface area contributed by atoms with Crippen molar-refractivity contribution in [3.63, 3.8) is 0 Å². The van der Waals surface area contributed by atoms with Gasteiger partial charge in [0.25, 0.3) is 0 Å². The van der Waals surface area contributed by atoms with Crippen molar-refractivity contribution in [1.29, 1.82) is 0 Å². The number of aliphatic hydroxyl groups excluding tert-OH is 1. The van der Waals surface area contributed by atoms with Gasteiger partial charge >= 0.3 is 6.18 Å². The smallest absolute Gasteiger partial charge is 0.416 e. The second-order valence-corrected chi connectivity index (χ2v) is 8.53. The van der Waals surface area contributed by atoms with Gasteiger partial charge in [-0.15, -0.1) is 0 Å². The fourth-order valence-corrected chi connectivity index (χ4v) is 3.96. The Balaban J connectivity index is 1.36. The van der Waals surface area contributed by atoms with Crippen LogP contribution >= 0.6 is 0 Å². The number of rotatable bonds is 10. The summed E-state index contributed by atoms with van der Waals surface area (Å²) in [6.45, 7) is 1.28.